The number of hydrogen-bond donors (Lipinski definition) is 2. The Morgan fingerprint density at radius 3 is 2.89 bits per heavy atom. The number of benzene rings is 1. The van der Waals surface area contributed by atoms with Crippen LogP contribution in [0.2, 0.25) is 0 Å². The van der Waals surface area contributed by atoms with Crippen LogP contribution in [0.4, 0.5) is 0 Å². The van der Waals surface area contributed by atoms with E-state index in [2.05, 4.69) is 10.0 Å². The predicted octanol–water partition coefficient (Wildman–Crippen LogP) is 0.927. The van der Waals surface area contributed by atoms with Crippen molar-refractivity contribution >= 4 is 0 Å². The van der Waals surface area contributed by atoms with Crippen LogP contribution in [0.1, 0.15) is 5.56 Å². The van der Waals surface area contributed by atoms with Gasteiger partial charge in [-0.15, -0.1) is 0 Å². The molecular weight excluding hydrogens is 248 g/mol. The molecule has 1 aromatic carbocycles. The van der Waals surface area contributed by atoms with Crippen LogP contribution in [0.15, 0.2) is 35.4 Å². The Bertz CT molecular complexity index is 450. The SMILES string of the molecule is [N-]=[N+]=N[C@@H]1CO[C@H](OCc2ccccc2)[C@@H](N)[C@@H]1O. The van der Waals surface area contributed by atoms with Crippen molar-refractivity contribution in [1.29, 1.82) is 0 Å². The molecule has 0 unspecified atom stereocenters. The summed E-state index contributed by atoms with van der Waals surface area (Å²) >= 11 is 0. The number of nitrogens with two attached hydrogens (primary N) is 1. The Morgan fingerprint density at radius 2 is 2.21 bits per heavy atom. The molecule has 0 radical (unpaired) electrons. The molecular formula is C12H16N4O3. The third-order valence-corrected chi connectivity index (χ3v) is 2.99. The van der Waals surface area contributed by atoms with E-state index in [4.69, 9.17) is 20.7 Å². The Labute approximate surface area is 110 Å². The lowest BCUT2D eigenvalue weighted by atomic mass is 10.0. The minimum Gasteiger partial charge on any atom is -0.391 e. The van der Waals surface area contributed by atoms with Crippen LogP contribution < -0.4 is 5.73 Å². The molecule has 3 N–H and O–H groups in total. The Morgan fingerprint density at radius 1 is 1.47 bits per heavy atom. The molecule has 7 nitrogen and oxygen atoms in total. The molecule has 0 bridgehead atoms. The zero-order valence-corrected chi connectivity index (χ0v) is 10.3. The predicted molar refractivity (Wildman–Crippen MR) is 67.9 cm³/mol. The van der Waals surface area contributed by atoms with Crippen LogP contribution >= 0.6 is 0 Å². The van der Waals surface area contributed by atoms with Gasteiger partial charge < -0.3 is 20.3 Å². The molecule has 1 aliphatic rings. The largest absolute Gasteiger partial charge is 0.391 e. The lowest BCUT2D eigenvalue weighted by Crippen LogP contribution is -2.57. The molecule has 1 aromatic rings. The fourth-order valence-corrected chi connectivity index (χ4v) is 1.90. The van der Waals surface area contributed by atoms with Gasteiger partial charge in [-0.3, -0.25) is 0 Å². The van der Waals surface area contributed by atoms with Crippen molar-refractivity contribution in [2.75, 3.05) is 6.61 Å². The summed E-state index contributed by atoms with van der Waals surface area (Å²) in [5, 5.41) is 13.3. The molecule has 0 amide bonds. The van der Waals surface area contributed by atoms with Crippen molar-refractivity contribution < 1.29 is 14.6 Å². The first-order valence-electron chi connectivity index (χ1n) is 5.97. The average molecular weight is 264 g/mol. The van der Waals surface area contributed by atoms with Crippen LogP contribution in [0, 0.1) is 0 Å². The molecule has 19 heavy (non-hydrogen) atoms. The van der Waals surface area contributed by atoms with Gasteiger partial charge in [0.05, 0.1) is 31.4 Å². The van der Waals surface area contributed by atoms with Gasteiger partial charge in [-0.25, -0.2) is 0 Å². The average Bonchev–Trinajstić information content (AvgIpc) is 2.44. The van der Waals surface area contributed by atoms with Crippen molar-refractivity contribution in [2.45, 2.75) is 31.1 Å². The van der Waals surface area contributed by atoms with E-state index < -0.39 is 24.5 Å². The van der Waals surface area contributed by atoms with Crippen LogP contribution in [0.5, 0.6) is 0 Å². The minimum absolute atomic E-state index is 0.0956. The first kappa shape index (κ1) is 13.8. The van der Waals surface area contributed by atoms with Crippen LogP contribution in [-0.4, -0.2) is 36.2 Å². The maximum absolute atomic E-state index is 9.89. The van der Waals surface area contributed by atoms with Gasteiger partial charge in [0.2, 0.25) is 0 Å². The molecule has 7 heteroatoms. The van der Waals surface area contributed by atoms with Gasteiger partial charge in [-0.1, -0.05) is 35.4 Å². The number of hydrogen-bond acceptors (Lipinski definition) is 5. The number of ether oxygens (including phenoxy) is 2. The van der Waals surface area contributed by atoms with E-state index in [0.29, 0.717) is 6.61 Å². The van der Waals surface area contributed by atoms with E-state index in [-0.39, 0.29) is 6.61 Å². The number of aliphatic hydroxyl groups excluding tert-OH is 1. The molecule has 0 saturated carbocycles. The summed E-state index contributed by atoms with van der Waals surface area (Å²) in [5.41, 5.74) is 15.2. The smallest absolute Gasteiger partial charge is 0.175 e. The highest BCUT2D eigenvalue weighted by molar-refractivity contribution is 5.13. The standard InChI is InChI=1S/C12H16N4O3/c13-10-11(17)9(15-16-14)7-19-12(10)18-6-8-4-2-1-3-5-8/h1-5,9-12,17H,6-7,13H2/t9-,10+,11-,12+/m1/s1. The maximum atomic E-state index is 9.89. The molecule has 0 aromatic heterocycles. The van der Waals surface area contributed by atoms with Crippen LogP contribution in [-0.2, 0) is 16.1 Å². The number of nitrogens with zero attached hydrogens (tertiary/aromatic N) is 3. The highest BCUT2D eigenvalue weighted by atomic mass is 16.7. The van der Waals surface area contributed by atoms with E-state index in [1.165, 1.54) is 0 Å². The molecule has 1 heterocycles. The van der Waals surface area contributed by atoms with Crippen molar-refractivity contribution in [2.24, 2.45) is 10.8 Å². The summed E-state index contributed by atoms with van der Waals surface area (Å²) in [5.74, 6) is 0. The highest BCUT2D eigenvalue weighted by Crippen LogP contribution is 2.18. The normalized spacial score (nSPS) is 30.6. The van der Waals surface area contributed by atoms with Gasteiger partial charge in [0.25, 0.3) is 0 Å². The third-order valence-electron chi connectivity index (χ3n) is 2.99. The molecule has 2 rings (SSSR count). The van der Waals surface area contributed by atoms with Gasteiger partial charge in [0.15, 0.2) is 6.29 Å². The van der Waals surface area contributed by atoms with Crippen LogP contribution in [0.3, 0.4) is 0 Å². The molecule has 1 saturated heterocycles. The van der Waals surface area contributed by atoms with Crippen molar-refractivity contribution in [3.63, 3.8) is 0 Å². The number of azide groups is 1. The van der Waals surface area contributed by atoms with E-state index in [1.807, 2.05) is 30.3 Å². The quantitative estimate of drug-likeness (QED) is 0.478. The minimum atomic E-state index is -0.967. The fraction of sp³-hybridized carbons (Fsp3) is 0.500. The Hall–Kier alpha value is -1.63. The summed E-state index contributed by atoms with van der Waals surface area (Å²) in [4.78, 5) is 2.65. The topological polar surface area (TPSA) is 113 Å². The van der Waals surface area contributed by atoms with Gasteiger partial charge in [0.1, 0.15) is 0 Å². The first-order valence-corrected chi connectivity index (χ1v) is 5.97. The third kappa shape index (κ3) is 3.44. The Kier molecular flexibility index (Phi) is 4.73. The molecule has 1 aliphatic heterocycles. The Balaban J connectivity index is 1.90. The summed E-state index contributed by atoms with van der Waals surface area (Å²) < 4.78 is 10.9. The maximum Gasteiger partial charge on any atom is 0.175 e. The first-order chi connectivity index (χ1) is 9.22. The lowest BCUT2D eigenvalue weighted by Gasteiger charge is -2.36. The van der Waals surface area contributed by atoms with E-state index >= 15 is 0 Å². The summed E-state index contributed by atoms with van der Waals surface area (Å²) in [6.07, 6.45) is -1.68. The van der Waals surface area contributed by atoms with Crippen LogP contribution in [0.25, 0.3) is 10.4 Å². The molecule has 0 spiro atoms. The van der Waals surface area contributed by atoms with Gasteiger partial charge in [-0.05, 0) is 11.1 Å². The van der Waals surface area contributed by atoms with E-state index in [0.717, 1.165) is 5.56 Å². The fourth-order valence-electron chi connectivity index (χ4n) is 1.90. The molecule has 0 aliphatic carbocycles. The molecule has 1 fully saturated rings. The zero-order chi connectivity index (χ0) is 13.7. The van der Waals surface area contributed by atoms with Crippen molar-refractivity contribution in [1.82, 2.24) is 0 Å². The van der Waals surface area contributed by atoms with Crippen molar-refractivity contribution in [3.05, 3.63) is 46.3 Å². The monoisotopic (exact) mass is 264 g/mol. The lowest BCUT2D eigenvalue weighted by molar-refractivity contribution is -0.206. The van der Waals surface area contributed by atoms with E-state index in [1.54, 1.807) is 0 Å². The van der Waals surface area contributed by atoms with E-state index in [9.17, 15) is 5.11 Å². The summed E-state index contributed by atoms with van der Waals surface area (Å²) in [7, 11) is 0. The second kappa shape index (κ2) is 6.51. The van der Waals surface area contributed by atoms with Gasteiger partial charge >= 0.3 is 0 Å². The molecule has 4 atom stereocenters. The molecule has 102 valence electrons. The highest BCUT2D eigenvalue weighted by Gasteiger charge is 2.37. The number of aliphatic hydroxyl groups is 1. The zero-order valence-electron chi connectivity index (χ0n) is 10.3. The second-order valence-corrected chi connectivity index (χ2v) is 4.34. The van der Waals surface area contributed by atoms with Gasteiger partial charge in [-0.2, -0.15) is 0 Å². The number of rotatable bonds is 4. The second-order valence-electron chi connectivity index (χ2n) is 4.34. The summed E-state index contributed by atoms with van der Waals surface area (Å²) in [6.45, 7) is 0.441. The van der Waals surface area contributed by atoms with Gasteiger partial charge in [0, 0.05) is 4.91 Å². The van der Waals surface area contributed by atoms with Crippen molar-refractivity contribution in [3.8, 4) is 0 Å². The summed E-state index contributed by atoms with van der Waals surface area (Å²) in [6, 6.07) is 8.17.